The van der Waals surface area contributed by atoms with E-state index >= 15 is 0 Å². The molecule has 1 fully saturated rings. The first-order valence-corrected chi connectivity index (χ1v) is 12.6. The van der Waals surface area contributed by atoms with E-state index in [9.17, 15) is 16.8 Å². The van der Waals surface area contributed by atoms with Crippen LogP contribution in [0.5, 0.6) is 11.5 Å². The van der Waals surface area contributed by atoms with Crippen molar-refractivity contribution < 1.29 is 35.6 Å². The summed E-state index contributed by atoms with van der Waals surface area (Å²) in [7, 11) is -8.51. The summed E-state index contributed by atoms with van der Waals surface area (Å²) in [6.07, 6.45) is 0.426. The van der Waals surface area contributed by atoms with Gasteiger partial charge in [-0.15, -0.1) is 0 Å². The van der Waals surface area contributed by atoms with Gasteiger partial charge in [0.25, 0.3) is 0 Å². The highest BCUT2D eigenvalue weighted by Gasteiger charge is 2.33. The third kappa shape index (κ3) is 5.74. The molecular weight excluding hydrogens is 446 g/mol. The standard InChI is InChI=1S/C20H25NO8S2/c1-16-13-17(28-10-4-9-22)15-18(14-16)29-31(25,26)20-6-3-2-5-19(20)30(23,24)21-7-11-27-12-8-21/h2-3,5-6,13-15,22H,4,7-12H2,1H3. The Hall–Kier alpha value is -2.18. The summed E-state index contributed by atoms with van der Waals surface area (Å²) in [6, 6.07) is 9.97. The number of aliphatic hydroxyl groups excluding tert-OH is 1. The maximum Gasteiger partial charge on any atom is 0.340 e. The molecule has 0 unspecified atom stereocenters. The molecule has 0 aliphatic carbocycles. The van der Waals surface area contributed by atoms with Crippen molar-refractivity contribution in [1.82, 2.24) is 4.31 Å². The Morgan fingerprint density at radius 2 is 1.65 bits per heavy atom. The zero-order valence-electron chi connectivity index (χ0n) is 17.1. The highest BCUT2D eigenvalue weighted by molar-refractivity contribution is 7.91. The van der Waals surface area contributed by atoms with E-state index in [1.807, 2.05) is 0 Å². The average Bonchev–Trinajstić information content (AvgIpc) is 2.74. The van der Waals surface area contributed by atoms with Gasteiger partial charge in [0.15, 0.2) is 0 Å². The zero-order valence-corrected chi connectivity index (χ0v) is 18.7. The fraction of sp³-hybridized carbons (Fsp3) is 0.400. The van der Waals surface area contributed by atoms with Crippen LogP contribution in [-0.2, 0) is 24.9 Å². The van der Waals surface area contributed by atoms with Crippen molar-refractivity contribution in [2.75, 3.05) is 39.5 Å². The van der Waals surface area contributed by atoms with E-state index in [4.69, 9.17) is 18.8 Å². The van der Waals surface area contributed by atoms with Gasteiger partial charge in [0, 0.05) is 32.2 Å². The molecule has 3 rings (SSSR count). The lowest BCUT2D eigenvalue weighted by Crippen LogP contribution is -2.41. The van der Waals surface area contributed by atoms with Crippen LogP contribution in [-0.4, -0.2) is 65.8 Å². The van der Waals surface area contributed by atoms with Gasteiger partial charge in [-0.05, 0) is 36.8 Å². The Balaban J connectivity index is 1.92. The maximum atomic E-state index is 13.1. The van der Waals surface area contributed by atoms with Crippen LogP contribution < -0.4 is 8.92 Å². The van der Waals surface area contributed by atoms with E-state index in [-0.39, 0.29) is 50.2 Å². The second-order valence-electron chi connectivity index (χ2n) is 6.91. The van der Waals surface area contributed by atoms with Gasteiger partial charge in [0.1, 0.15) is 21.3 Å². The Bertz CT molecular complexity index is 1110. The molecule has 0 atom stereocenters. The molecule has 31 heavy (non-hydrogen) atoms. The molecule has 0 amide bonds. The van der Waals surface area contributed by atoms with Gasteiger partial charge in [0.05, 0.1) is 19.8 Å². The van der Waals surface area contributed by atoms with Crippen molar-refractivity contribution in [3.8, 4) is 11.5 Å². The van der Waals surface area contributed by atoms with Gasteiger partial charge in [-0.3, -0.25) is 0 Å². The fourth-order valence-electron chi connectivity index (χ4n) is 3.07. The lowest BCUT2D eigenvalue weighted by atomic mass is 10.2. The Morgan fingerprint density at radius 3 is 2.32 bits per heavy atom. The van der Waals surface area contributed by atoms with Crippen LogP contribution in [0.1, 0.15) is 12.0 Å². The molecule has 0 radical (unpaired) electrons. The molecule has 1 N–H and O–H groups in total. The minimum Gasteiger partial charge on any atom is -0.493 e. The van der Waals surface area contributed by atoms with E-state index < -0.39 is 25.0 Å². The second kappa shape index (κ2) is 9.96. The van der Waals surface area contributed by atoms with Gasteiger partial charge in [-0.25, -0.2) is 8.42 Å². The van der Waals surface area contributed by atoms with Gasteiger partial charge in [-0.2, -0.15) is 12.7 Å². The molecule has 2 aromatic carbocycles. The number of morpholine rings is 1. The highest BCUT2D eigenvalue weighted by Crippen LogP contribution is 2.29. The molecule has 1 aliphatic heterocycles. The van der Waals surface area contributed by atoms with E-state index in [1.165, 1.54) is 40.7 Å². The molecule has 170 valence electrons. The quantitative estimate of drug-likeness (QED) is 0.432. The van der Waals surface area contributed by atoms with Crippen LogP contribution in [0, 0.1) is 6.92 Å². The summed E-state index contributed by atoms with van der Waals surface area (Å²) >= 11 is 0. The number of hydrogen-bond donors (Lipinski definition) is 1. The summed E-state index contributed by atoms with van der Waals surface area (Å²) in [4.78, 5) is -0.783. The van der Waals surface area contributed by atoms with E-state index in [0.717, 1.165) is 0 Å². The zero-order chi connectivity index (χ0) is 22.5. The molecule has 0 aromatic heterocycles. The van der Waals surface area contributed by atoms with Crippen molar-refractivity contribution in [3.05, 3.63) is 48.0 Å². The molecule has 2 aromatic rings. The number of aliphatic hydroxyl groups is 1. The van der Waals surface area contributed by atoms with Crippen molar-refractivity contribution in [3.63, 3.8) is 0 Å². The summed E-state index contributed by atoms with van der Waals surface area (Å²) < 4.78 is 69.4. The number of aryl methyl sites for hydroxylation is 1. The summed E-state index contributed by atoms with van der Waals surface area (Å²) in [5.74, 6) is 0.380. The largest absolute Gasteiger partial charge is 0.493 e. The first-order chi connectivity index (χ1) is 14.7. The van der Waals surface area contributed by atoms with Crippen LogP contribution in [0.15, 0.2) is 52.3 Å². The average molecular weight is 472 g/mol. The van der Waals surface area contributed by atoms with Crippen LogP contribution in [0.2, 0.25) is 0 Å². The minimum atomic E-state index is -4.46. The monoisotopic (exact) mass is 471 g/mol. The molecule has 9 nitrogen and oxygen atoms in total. The van der Waals surface area contributed by atoms with Gasteiger partial charge in [0.2, 0.25) is 10.0 Å². The van der Waals surface area contributed by atoms with E-state index in [0.29, 0.717) is 17.7 Å². The molecule has 0 spiro atoms. The molecule has 0 saturated carbocycles. The summed E-state index contributed by atoms with van der Waals surface area (Å²) in [5, 5.41) is 8.87. The molecular formula is C20H25NO8S2. The third-order valence-corrected chi connectivity index (χ3v) is 7.90. The highest BCUT2D eigenvalue weighted by atomic mass is 32.2. The first kappa shape index (κ1) is 23.5. The molecule has 1 saturated heterocycles. The number of rotatable bonds is 9. The molecule has 1 heterocycles. The maximum absolute atomic E-state index is 13.1. The normalized spacial score (nSPS) is 15.5. The second-order valence-corrected chi connectivity index (χ2v) is 10.3. The lowest BCUT2D eigenvalue weighted by molar-refractivity contribution is 0.0729. The molecule has 11 heteroatoms. The van der Waals surface area contributed by atoms with E-state index in [1.54, 1.807) is 13.0 Å². The van der Waals surface area contributed by atoms with Crippen LogP contribution in [0.25, 0.3) is 0 Å². The van der Waals surface area contributed by atoms with Crippen LogP contribution in [0.3, 0.4) is 0 Å². The number of sulfonamides is 1. The van der Waals surface area contributed by atoms with Crippen LogP contribution >= 0.6 is 0 Å². The lowest BCUT2D eigenvalue weighted by Gasteiger charge is -2.26. The molecule has 0 bridgehead atoms. The van der Waals surface area contributed by atoms with Crippen molar-refractivity contribution >= 4 is 20.1 Å². The minimum absolute atomic E-state index is 0.00225. The first-order valence-electron chi connectivity index (χ1n) is 9.71. The number of nitrogens with zero attached hydrogens (tertiary/aromatic N) is 1. The molecule has 1 aliphatic rings. The van der Waals surface area contributed by atoms with Gasteiger partial charge < -0.3 is 18.8 Å². The van der Waals surface area contributed by atoms with Gasteiger partial charge >= 0.3 is 10.1 Å². The number of benzene rings is 2. The Morgan fingerprint density at radius 1 is 1.00 bits per heavy atom. The smallest absolute Gasteiger partial charge is 0.340 e. The number of ether oxygens (including phenoxy) is 2. The summed E-state index contributed by atoms with van der Waals surface area (Å²) in [5.41, 5.74) is 0.695. The Kier molecular flexibility index (Phi) is 7.55. The third-order valence-electron chi connectivity index (χ3n) is 4.51. The number of hydrogen-bond acceptors (Lipinski definition) is 8. The van der Waals surface area contributed by atoms with E-state index in [2.05, 4.69) is 0 Å². The van der Waals surface area contributed by atoms with Crippen molar-refractivity contribution in [2.45, 2.75) is 23.1 Å². The predicted octanol–water partition coefficient (Wildman–Crippen LogP) is 1.54. The SMILES string of the molecule is Cc1cc(OCCCO)cc(OS(=O)(=O)c2ccccc2S(=O)(=O)N2CCOCC2)c1. The predicted molar refractivity (Wildman–Crippen MR) is 112 cm³/mol. The van der Waals surface area contributed by atoms with Crippen LogP contribution in [0.4, 0.5) is 0 Å². The summed E-state index contributed by atoms with van der Waals surface area (Å²) in [6.45, 7) is 2.74. The van der Waals surface area contributed by atoms with Gasteiger partial charge in [-0.1, -0.05) is 12.1 Å². The van der Waals surface area contributed by atoms with Crippen molar-refractivity contribution in [1.29, 1.82) is 0 Å². The van der Waals surface area contributed by atoms with Crippen molar-refractivity contribution in [2.24, 2.45) is 0 Å². The Labute approximate surface area is 182 Å². The topological polar surface area (TPSA) is 119 Å². The fourth-order valence-corrected chi connectivity index (χ4v) is 6.17.